The van der Waals surface area contributed by atoms with E-state index >= 15 is 0 Å². The summed E-state index contributed by atoms with van der Waals surface area (Å²) in [7, 11) is 0. The number of rotatable bonds is 7. The van der Waals surface area contributed by atoms with Crippen LogP contribution in [0.25, 0.3) is 16.9 Å². The number of carbonyl (C=O) groups excluding carboxylic acids is 2. The van der Waals surface area contributed by atoms with Gasteiger partial charge in [-0.25, -0.2) is 9.07 Å². The standard InChI is InChI=1S/C36H31FN4O4S/c1-22-7-6-10-28(23(22)2)41-36-33(34(39-41)25-8-4-3-5-9-25)35(26-13-16-29-30(17-26)45-21-44-29)46-20-32(43)40(36)19-31(42)38-18-24-11-14-27(37)15-12-24/h3-17,35H,18-21H2,1-2H3,(H,38,42)/t35-/m0/s1. The second kappa shape index (κ2) is 12.4. The minimum atomic E-state index is -0.346. The van der Waals surface area contributed by atoms with Gasteiger partial charge in [-0.2, -0.15) is 5.10 Å². The fourth-order valence-electron chi connectivity index (χ4n) is 5.80. The van der Waals surface area contributed by atoms with E-state index in [4.69, 9.17) is 14.6 Å². The fraction of sp³-hybridized carbons (Fsp3) is 0.194. The summed E-state index contributed by atoms with van der Waals surface area (Å²) in [6.45, 7) is 4.21. The van der Waals surface area contributed by atoms with Crippen molar-refractivity contribution in [1.29, 1.82) is 0 Å². The maximum absolute atomic E-state index is 14.1. The topological polar surface area (TPSA) is 85.7 Å². The first-order valence-electron chi connectivity index (χ1n) is 14.9. The monoisotopic (exact) mass is 634 g/mol. The highest BCUT2D eigenvalue weighted by Gasteiger charge is 2.38. The van der Waals surface area contributed by atoms with Gasteiger partial charge in [0.05, 0.1) is 22.4 Å². The Hall–Kier alpha value is -5.09. The first-order valence-corrected chi connectivity index (χ1v) is 16.0. The predicted molar refractivity (Wildman–Crippen MR) is 176 cm³/mol. The number of benzene rings is 4. The summed E-state index contributed by atoms with van der Waals surface area (Å²) in [5, 5.41) is 7.80. The van der Waals surface area contributed by atoms with Crippen molar-refractivity contribution in [3.05, 3.63) is 125 Å². The Bertz CT molecular complexity index is 1940. The molecule has 0 bridgehead atoms. The molecule has 2 aliphatic rings. The molecule has 8 nitrogen and oxygen atoms in total. The maximum Gasteiger partial charge on any atom is 0.240 e. The van der Waals surface area contributed by atoms with Crippen LogP contribution >= 0.6 is 11.8 Å². The predicted octanol–water partition coefficient (Wildman–Crippen LogP) is 6.51. The van der Waals surface area contributed by atoms with E-state index in [0.717, 1.165) is 44.8 Å². The van der Waals surface area contributed by atoms with Gasteiger partial charge in [0.2, 0.25) is 18.6 Å². The van der Waals surface area contributed by atoms with Gasteiger partial charge in [0, 0.05) is 17.7 Å². The second-order valence-corrected chi connectivity index (χ2v) is 12.4. The maximum atomic E-state index is 14.1. The van der Waals surface area contributed by atoms with Crippen molar-refractivity contribution in [2.24, 2.45) is 0 Å². The third kappa shape index (κ3) is 5.60. The lowest BCUT2D eigenvalue weighted by Crippen LogP contribution is -2.42. The number of anilines is 1. The van der Waals surface area contributed by atoms with Gasteiger partial charge in [-0.15, -0.1) is 11.8 Å². The highest BCUT2D eigenvalue weighted by molar-refractivity contribution is 8.00. The first kappa shape index (κ1) is 29.6. The first-order chi connectivity index (χ1) is 22.4. The third-order valence-corrected chi connectivity index (χ3v) is 9.60. The minimum absolute atomic E-state index is 0.139. The summed E-state index contributed by atoms with van der Waals surface area (Å²) in [6.07, 6.45) is 0. The second-order valence-electron chi connectivity index (χ2n) is 11.3. The van der Waals surface area contributed by atoms with Gasteiger partial charge in [0.15, 0.2) is 11.5 Å². The lowest BCUT2D eigenvalue weighted by atomic mass is 9.99. The van der Waals surface area contributed by atoms with Crippen molar-refractivity contribution in [2.45, 2.75) is 25.6 Å². The van der Waals surface area contributed by atoms with Crippen LogP contribution in [0.5, 0.6) is 11.5 Å². The number of nitrogens with zero attached hydrogens (tertiary/aromatic N) is 3. The van der Waals surface area contributed by atoms with Gasteiger partial charge in [-0.3, -0.25) is 14.5 Å². The minimum Gasteiger partial charge on any atom is -0.454 e. The van der Waals surface area contributed by atoms with Gasteiger partial charge in [-0.1, -0.05) is 60.7 Å². The summed E-state index contributed by atoms with van der Waals surface area (Å²) in [5.41, 5.74) is 7.03. The molecule has 0 radical (unpaired) electrons. The number of amides is 2. The van der Waals surface area contributed by atoms with Crippen LogP contribution in [0, 0.1) is 19.7 Å². The van der Waals surface area contributed by atoms with Crippen molar-refractivity contribution < 1.29 is 23.5 Å². The molecule has 1 aromatic heterocycles. The van der Waals surface area contributed by atoms with Crippen LogP contribution < -0.4 is 19.7 Å². The molecule has 2 amide bonds. The molecule has 3 heterocycles. The Balaban J connectivity index is 1.39. The SMILES string of the molecule is Cc1cccc(-n2nc(-c3ccccc3)c3c2N(CC(=O)NCc2ccc(F)cc2)C(=O)CS[C@H]3c2ccc3c(c2)OCO3)c1C. The van der Waals surface area contributed by atoms with Crippen LogP contribution in [0.3, 0.4) is 0 Å². The van der Waals surface area contributed by atoms with Crippen LogP contribution in [0.15, 0.2) is 91.0 Å². The van der Waals surface area contributed by atoms with E-state index in [1.54, 1.807) is 17.0 Å². The van der Waals surface area contributed by atoms with Gasteiger partial charge >= 0.3 is 0 Å². The number of thioether (sulfide) groups is 1. The zero-order chi connectivity index (χ0) is 31.8. The zero-order valence-electron chi connectivity index (χ0n) is 25.3. The van der Waals surface area contributed by atoms with Crippen LogP contribution in [-0.2, 0) is 16.1 Å². The Morgan fingerprint density at radius 2 is 1.76 bits per heavy atom. The number of ether oxygens (including phenoxy) is 2. The molecular formula is C36H31FN4O4S. The van der Waals surface area contributed by atoms with Gasteiger partial charge < -0.3 is 14.8 Å². The van der Waals surface area contributed by atoms with E-state index in [1.807, 2.05) is 85.3 Å². The van der Waals surface area contributed by atoms with Gasteiger partial charge in [0.25, 0.3) is 0 Å². The van der Waals surface area contributed by atoms with Crippen molar-refractivity contribution in [3.8, 4) is 28.4 Å². The van der Waals surface area contributed by atoms with Crippen molar-refractivity contribution in [2.75, 3.05) is 24.0 Å². The van der Waals surface area contributed by atoms with E-state index < -0.39 is 0 Å². The number of aryl methyl sites for hydroxylation is 1. The number of aromatic nitrogens is 2. The molecule has 46 heavy (non-hydrogen) atoms. The molecule has 0 unspecified atom stereocenters. The number of hydrogen-bond donors (Lipinski definition) is 1. The molecule has 2 aliphatic heterocycles. The van der Waals surface area contributed by atoms with E-state index in [1.165, 1.54) is 23.9 Å². The molecule has 10 heteroatoms. The largest absolute Gasteiger partial charge is 0.454 e. The number of halogens is 1. The van der Waals surface area contributed by atoms with E-state index in [0.29, 0.717) is 17.3 Å². The zero-order valence-corrected chi connectivity index (χ0v) is 26.1. The van der Waals surface area contributed by atoms with Crippen molar-refractivity contribution in [1.82, 2.24) is 15.1 Å². The van der Waals surface area contributed by atoms with Crippen LogP contribution in [0.1, 0.15) is 33.1 Å². The lowest BCUT2D eigenvalue weighted by Gasteiger charge is -2.24. The van der Waals surface area contributed by atoms with Gasteiger partial charge in [-0.05, 0) is 66.4 Å². The molecule has 1 N–H and O–H groups in total. The number of nitrogens with one attached hydrogen (secondary N) is 1. The van der Waals surface area contributed by atoms with E-state index in [2.05, 4.69) is 5.32 Å². The Morgan fingerprint density at radius 3 is 2.57 bits per heavy atom. The quantitative estimate of drug-likeness (QED) is 0.220. The number of carbonyl (C=O) groups is 2. The summed E-state index contributed by atoms with van der Waals surface area (Å²) < 4.78 is 26.6. The Kier molecular flexibility index (Phi) is 7.96. The molecule has 5 aromatic rings. The van der Waals surface area contributed by atoms with Crippen LogP contribution in [-0.4, -0.2) is 40.7 Å². The molecule has 0 fully saturated rings. The van der Waals surface area contributed by atoms with Crippen molar-refractivity contribution in [3.63, 3.8) is 0 Å². The highest BCUT2D eigenvalue weighted by atomic mass is 32.2. The Morgan fingerprint density at radius 1 is 0.978 bits per heavy atom. The Labute approximate surface area is 270 Å². The molecule has 232 valence electrons. The lowest BCUT2D eigenvalue weighted by molar-refractivity contribution is -0.123. The average molecular weight is 635 g/mol. The molecule has 1 atom stereocenters. The normalized spacial score (nSPS) is 15.4. The molecule has 0 spiro atoms. The summed E-state index contributed by atoms with van der Waals surface area (Å²) in [4.78, 5) is 29.1. The van der Waals surface area contributed by atoms with E-state index in [9.17, 15) is 14.0 Å². The third-order valence-electron chi connectivity index (χ3n) is 8.34. The van der Waals surface area contributed by atoms with E-state index in [-0.39, 0.29) is 48.5 Å². The summed E-state index contributed by atoms with van der Waals surface area (Å²) >= 11 is 1.49. The molecule has 0 saturated heterocycles. The molecular weight excluding hydrogens is 603 g/mol. The molecule has 4 aromatic carbocycles. The fourth-order valence-corrected chi connectivity index (χ4v) is 6.99. The highest BCUT2D eigenvalue weighted by Crippen LogP contribution is 2.50. The van der Waals surface area contributed by atoms with Crippen LogP contribution in [0.2, 0.25) is 0 Å². The van der Waals surface area contributed by atoms with Crippen LogP contribution in [0.4, 0.5) is 10.2 Å². The smallest absolute Gasteiger partial charge is 0.240 e. The summed E-state index contributed by atoms with van der Waals surface area (Å²) in [6, 6.07) is 27.7. The molecule has 0 saturated carbocycles. The molecule has 0 aliphatic carbocycles. The summed E-state index contributed by atoms with van der Waals surface area (Å²) in [5.74, 6) is 1.11. The van der Waals surface area contributed by atoms with Gasteiger partial charge in [0.1, 0.15) is 18.2 Å². The average Bonchev–Trinajstić information content (AvgIpc) is 3.67. The number of fused-ring (bicyclic) bond motifs is 2. The van der Waals surface area contributed by atoms with Crippen molar-refractivity contribution >= 4 is 29.4 Å². The molecule has 7 rings (SSSR count). The number of hydrogen-bond acceptors (Lipinski definition) is 6.